The number of ketones is 1. The Balaban J connectivity index is 2.09. The van der Waals surface area contributed by atoms with Crippen LogP contribution in [0.3, 0.4) is 0 Å². The van der Waals surface area contributed by atoms with Gasteiger partial charge in [-0.25, -0.2) is 0 Å². The van der Waals surface area contributed by atoms with Gasteiger partial charge in [-0.2, -0.15) is 0 Å². The fraction of sp³-hybridized carbons (Fsp3) is 0.273. The summed E-state index contributed by atoms with van der Waals surface area (Å²) in [5.41, 5.74) is 3.70. The summed E-state index contributed by atoms with van der Waals surface area (Å²) in [7, 11) is 1.53. The van der Waals surface area contributed by atoms with Crippen molar-refractivity contribution in [3.63, 3.8) is 0 Å². The van der Waals surface area contributed by atoms with E-state index in [1.807, 2.05) is 39.0 Å². The second kappa shape index (κ2) is 9.57. The van der Waals surface area contributed by atoms with Crippen LogP contribution < -0.4 is 14.8 Å². The number of hydrogen-bond donors (Lipinski definition) is 1. The zero-order valence-corrected chi connectivity index (χ0v) is 16.2. The fourth-order valence-corrected chi connectivity index (χ4v) is 2.46. The minimum atomic E-state index is -0.192. The smallest absolute Gasteiger partial charge is 0.257 e. The molecule has 0 aliphatic rings. The van der Waals surface area contributed by atoms with Gasteiger partial charge in [-0.1, -0.05) is 24.3 Å². The molecule has 142 valence electrons. The molecule has 0 bridgehead atoms. The Labute approximate surface area is 160 Å². The first-order valence-electron chi connectivity index (χ1n) is 8.81. The van der Waals surface area contributed by atoms with E-state index in [1.165, 1.54) is 13.2 Å². The first-order valence-corrected chi connectivity index (χ1v) is 8.81. The van der Waals surface area contributed by atoms with E-state index in [1.54, 1.807) is 24.3 Å². The van der Waals surface area contributed by atoms with Crippen molar-refractivity contribution in [2.45, 2.75) is 20.8 Å². The zero-order chi connectivity index (χ0) is 19.8. The summed E-state index contributed by atoms with van der Waals surface area (Å²) in [5.74, 6) is 0.720. The molecule has 5 nitrogen and oxygen atoms in total. The number of benzene rings is 2. The van der Waals surface area contributed by atoms with Gasteiger partial charge in [-0.3, -0.25) is 9.59 Å². The Morgan fingerprint density at radius 2 is 1.81 bits per heavy atom. The average Bonchev–Trinajstić information content (AvgIpc) is 2.67. The molecule has 0 aliphatic heterocycles. The molecule has 27 heavy (non-hydrogen) atoms. The molecule has 2 aromatic rings. The molecule has 5 heteroatoms. The first kappa shape index (κ1) is 20.2. The number of likely N-dealkylation sites (N-methyl/N-ethyl adjacent to an activating group) is 1. The Kier molecular flexibility index (Phi) is 7.17. The molecule has 2 rings (SSSR count). The lowest BCUT2D eigenvalue weighted by Gasteiger charge is -2.11. The van der Waals surface area contributed by atoms with Gasteiger partial charge in [0.05, 0.1) is 7.11 Å². The Morgan fingerprint density at radius 1 is 1.04 bits per heavy atom. The Bertz CT molecular complexity index is 855. The van der Waals surface area contributed by atoms with Crippen LogP contribution in [0.4, 0.5) is 0 Å². The van der Waals surface area contributed by atoms with Crippen molar-refractivity contribution < 1.29 is 19.1 Å². The largest absolute Gasteiger partial charge is 0.493 e. The molecule has 2 aromatic carbocycles. The average molecular weight is 367 g/mol. The van der Waals surface area contributed by atoms with Gasteiger partial charge in [0.25, 0.3) is 5.91 Å². The van der Waals surface area contributed by atoms with E-state index in [9.17, 15) is 9.59 Å². The summed E-state index contributed by atoms with van der Waals surface area (Å²) in [4.78, 5) is 23.9. The highest BCUT2D eigenvalue weighted by Crippen LogP contribution is 2.28. The predicted octanol–water partition coefficient (Wildman–Crippen LogP) is 3.72. The van der Waals surface area contributed by atoms with Gasteiger partial charge in [0.2, 0.25) is 0 Å². The van der Waals surface area contributed by atoms with Gasteiger partial charge in [0.15, 0.2) is 23.9 Å². The Morgan fingerprint density at radius 3 is 2.48 bits per heavy atom. The molecule has 0 heterocycles. The van der Waals surface area contributed by atoms with Crippen LogP contribution in [-0.2, 0) is 4.79 Å². The molecule has 0 aliphatic carbocycles. The maximum absolute atomic E-state index is 12.4. The summed E-state index contributed by atoms with van der Waals surface area (Å²) in [6.07, 6.45) is 3.27. The number of amides is 1. The molecular weight excluding hydrogens is 342 g/mol. The summed E-state index contributed by atoms with van der Waals surface area (Å²) >= 11 is 0. The second-order valence-electron chi connectivity index (χ2n) is 6.15. The minimum absolute atomic E-state index is 0.0615. The van der Waals surface area contributed by atoms with E-state index in [2.05, 4.69) is 5.32 Å². The third-order valence-corrected chi connectivity index (χ3v) is 4.14. The van der Waals surface area contributed by atoms with Crippen molar-refractivity contribution >= 4 is 17.8 Å². The SMILES string of the molecule is CCNC(=O)COc1ccc(/C=C/C(=O)c2ccc(C)c(C)c2)cc1OC. The summed E-state index contributed by atoms with van der Waals surface area (Å²) in [6.45, 7) is 6.32. The topological polar surface area (TPSA) is 64.6 Å². The van der Waals surface area contributed by atoms with Crippen molar-refractivity contribution in [3.8, 4) is 11.5 Å². The van der Waals surface area contributed by atoms with E-state index in [0.29, 0.717) is 23.6 Å². The van der Waals surface area contributed by atoms with Gasteiger partial charge >= 0.3 is 0 Å². The number of ether oxygens (including phenoxy) is 2. The molecule has 0 saturated carbocycles. The number of carbonyl (C=O) groups excluding carboxylic acids is 2. The van der Waals surface area contributed by atoms with Crippen molar-refractivity contribution in [2.24, 2.45) is 0 Å². The van der Waals surface area contributed by atoms with Gasteiger partial charge in [-0.15, -0.1) is 0 Å². The molecule has 1 amide bonds. The van der Waals surface area contributed by atoms with Crippen LogP contribution in [0.5, 0.6) is 11.5 Å². The predicted molar refractivity (Wildman–Crippen MR) is 106 cm³/mol. The van der Waals surface area contributed by atoms with Crippen molar-refractivity contribution in [1.82, 2.24) is 5.32 Å². The molecule has 1 N–H and O–H groups in total. The van der Waals surface area contributed by atoms with E-state index in [0.717, 1.165) is 16.7 Å². The molecule has 0 fully saturated rings. The lowest BCUT2D eigenvalue weighted by Crippen LogP contribution is -2.28. The number of rotatable bonds is 8. The molecule has 0 saturated heterocycles. The molecule has 0 spiro atoms. The van der Waals surface area contributed by atoms with Crippen LogP contribution in [0.2, 0.25) is 0 Å². The number of hydrogen-bond acceptors (Lipinski definition) is 4. The Hall–Kier alpha value is -3.08. The molecule has 0 unspecified atom stereocenters. The summed E-state index contributed by atoms with van der Waals surface area (Å²) < 4.78 is 10.8. The molecule has 0 radical (unpaired) electrons. The van der Waals surface area contributed by atoms with E-state index < -0.39 is 0 Å². The number of methoxy groups -OCH3 is 1. The van der Waals surface area contributed by atoms with Crippen molar-refractivity contribution in [3.05, 3.63) is 64.7 Å². The number of nitrogens with one attached hydrogen (secondary N) is 1. The standard InChI is InChI=1S/C22H25NO4/c1-5-23-22(25)14-27-20-11-8-17(13-21(20)26-4)7-10-19(24)18-9-6-15(2)16(3)12-18/h6-13H,5,14H2,1-4H3,(H,23,25)/b10-7+. The number of allylic oxidation sites excluding steroid dienone is 1. The lowest BCUT2D eigenvalue weighted by molar-refractivity contribution is -0.123. The summed E-state index contributed by atoms with van der Waals surface area (Å²) in [6, 6.07) is 10.9. The fourth-order valence-electron chi connectivity index (χ4n) is 2.46. The number of aryl methyl sites for hydroxylation is 2. The van der Waals surface area contributed by atoms with Crippen LogP contribution in [-0.4, -0.2) is 32.0 Å². The zero-order valence-electron chi connectivity index (χ0n) is 16.2. The number of carbonyl (C=O) groups is 2. The van der Waals surface area contributed by atoms with E-state index >= 15 is 0 Å². The van der Waals surface area contributed by atoms with Crippen LogP contribution in [0.15, 0.2) is 42.5 Å². The maximum Gasteiger partial charge on any atom is 0.257 e. The third kappa shape index (κ3) is 5.71. The summed E-state index contributed by atoms with van der Waals surface area (Å²) in [5, 5.41) is 2.67. The minimum Gasteiger partial charge on any atom is -0.493 e. The van der Waals surface area contributed by atoms with Crippen LogP contribution >= 0.6 is 0 Å². The highest BCUT2D eigenvalue weighted by atomic mass is 16.5. The normalized spacial score (nSPS) is 10.7. The van der Waals surface area contributed by atoms with Gasteiger partial charge in [-0.05, 0) is 61.7 Å². The molecule has 0 aromatic heterocycles. The van der Waals surface area contributed by atoms with Crippen LogP contribution in [0.25, 0.3) is 6.08 Å². The highest BCUT2D eigenvalue weighted by Gasteiger charge is 2.08. The second-order valence-corrected chi connectivity index (χ2v) is 6.15. The third-order valence-electron chi connectivity index (χ3n) is 4.14. The van der Waals surface area contributed by atoms with Gasteiger partial charge in [0, 0.05) is 12.1 Å². The van der Waals surface area contributed by atoms with E-state index in [4.69, 9.17) is 9.47 Å². The van der Waals surface area contributed by atoms with Gasteiger partial charge in [0.1, 0.15) is 0 Å². The van der Waals surface area contributed by atoms with Crippen LogP contribution in [0, 0.1) is 13.8 Å². The van der Waals surface area contributed by atoms with E-state index in [-0.39, 0.29) is 18.3 Å². The lowest BCUT2D eigenvalue weighted by atomic mass is 10.0. The first-order chi connectivity index (χ1) is 12.9. The van der Waals surface area contributed by atoms with Crippen LogP contribution in [0.1, 0.15) is 34.0 Å². The quantitative estimate of drug-likeness (QED) is 0.570. The maximum atomic E-state index is 12.4. The van der Waals surface area contributed by atoms with Crippen molar-refractivity contribution in [1.29, 1.82) is 0 Å². The van der Waals surface area contributed by atoms with Gasteiger partial charge < -0.3 is 14.8 Å². The monoisotopic (exact) mass is 367 g/mol. The molecular formula is C22H25NO4. The highest BCUT2D eigenvalue weighted by molar-refractivity contribution is 6.07. The van der Waals surface area contributed by atoms with Crippen molar-refractivity contribution in [2.75, 3.05) is 20.3 Å². The molecule has 0 atom stereocenters.